The molecule has 0 atom stereocenters. The Morgan fingerprint density at radius 1 is 1.40 bits per heavy atom. The number of hydrogen-bond donors (Lipinski definition) is 1. The summed E-state index contributed by atoms with van der Waals surface area (Å²) in [7, 11) is 1.46. The molecule has 0 heterocycles. The maximum absolute atomic E-state index is 10.7. The zero-order valence-electron chi connectivity index (χ0n) is 8.30. The van der Waals surface area contributed by atoms with Crippen LogP contribution in [-0.2, 0) is 4.79 Å². The summed E-state index contributed by atoms with van der Waals surface area (Å²) >= 11 is 5.14. The van der Waals surface area contributed by atoms with Crippen LogP contribution in [0.4, 0.5) is 0 Å². The van der Waals surface area contributed by atoms with E-state index in [1.165, 1.54) is 7.05 Å². The van der Waals surface area contributed by atoms with Gasteiger partial charge in [-0.2, -0.15) is 0 Å². The fraction of sp³-hybridized carbons (Fsp3) is 0.182. The molecule has 1 N–H and O–H groups in total. The number of aliphatic imine (C=N–C) groups is 1. The molecule has 1 aromatic carbocycles. The third kappa shape index (κ3) is 3.25. The second-order valence-electron chi connectivity index (χ2n) is 2.94. The second kappa shape index (κ2) is 5.36. The predicted molar refractivity (Wildman–Crippen MR) is 63.8 cm³/mol. The average molecular weight is 221 g/mol. The van der Waals surface area contributed by atoms with Gasteiger partial charge in [0, 0.05) is 18.3 Å². The van der Waals surface area contributed by atoms with Crippen molar-refractivity contribution < 1.29 is 9.90 Å². The molecule has 0 fully saturated rings. The molecule has 0 amide bonds. The molecule has 0 radical (unpaired) electrons. The highest BCUT2D eigenvalue weighted by atomic mass is 32.1. The van der Waals surface area contributed by atoms with Gasteiger partial charge in [0.05, 0.1) is 0 Å². The molecule has 0 saturated carbocycles. The van der Waals surface area contributed by atoms with Gasteiger partial charge in [-0.05, 0) is 5.56 Å². The lowest BCUT2D eigenvalue weighted by atomic mass is 10.1. The van der Waals surface area contributed by atoms with Crippen LogP contribution in [0, 0.1) is 0 Å². The Hall–Kier alpha value is -1.55. The van der Waals surface area contributed by atoms with E-state index in [-0.39, 0.29) is 12.1 Å². The first-order valence-electron chi connectivity index (χ1n) is 4.42. The Balaban J connectivity index is 2.77. The quantitative estimate of drug-likeness (QED) is 0.480. The summed E-state index contributed by atoms with van der Waals surface area (Å²) in [6, 6.07) is 9.34. The van der Waals surface area contributed by atoms with Crippen molar-refractivity contribution in [2.75, 3.05) is 7.05 Å². The molecule has 0 aliphatic heterocycles. The Labute approximate surface area is 93.5 Å². The predicted octanol–water partition coefficient (Wildman–Crippen LogP) is 1.95. The monoisotopic (exact) mass is 221 g/mol. The summed E-state index contributed by atoms with van der Waals surface area (Å²) in [5.41, 5.74) is 0.957. The molecule has 3 nitrogen and oxygen atoms in total. The van der Waals surface area contributed by atoms with Crippen molar-refractivity contribution in [1.29, 1.82) is 0 Å². The zero-order chi connectivity index (χ0) is 11.3. The van der Waals surface area contributed by atoms with E-state index in [1.807, 2.05) is 30.3 Å². The van der Waals surface area contributed by atoms with Crippen LogP contribution in [0.15, 0.2) is 35.3 Å². The highest BCUT2D eigenvalue weighted by Gasteiger charge is 2.11. The first kappa shape index (κ1) is 11.5. The van der Waals surface area contributed by atoms with E-state index in [2.05, 4.69) is 4.99 Å². The first-order chi connectivity index (χ1) is 7.15. The van der Waals surface area contributed by atoms with Crippen LogP contribution < -0.4 is 0 Å². The Bertz CT molecular complexity index is 398. The molecule has 0 spiro atoms. The molecule has 0 bridgehead atoms. The van der Waals surface area contributed by atoms with Crippen LogP contribution in [0.5, 0.6) is 0 Å². The van der Waals surface area contributed by atoms with Gasteiger partial charge < -0.3 is 5.11 Å². The highest BCUT2D eigenvalue weighted by Crippen LogP contribution is 2.05. The molecule has 0 saturated heterocycles. The minimum atomic E-state index is -1.02. The van der Waals surface area contributed by atoms with E-state index in [0.717, 1.165) is 5.56 Å². The Kier molecular flexibility index (Phi) is 4.12. The van der Waals surface area contributed by atoms with Crippen LogP contribution in [0.2, 0.25) is 0 Å². The Morgan fingerprint density at radius 3 is 2.47 bits per heavy atom. The third-order valence-electron chi connectivity index (χ3n) is 1.94. The van der Waals surface area contributed by atoms with Crippen molar-refractivity contribution in [3.63, 3.8) is 0 Å². The van der Waals surface area contributed by atoms with Crippen LogP contribution >= 0.6 is 12.2 Å². The van der Waals surface area contributed by atoms with Gasteiger partial charge in [-0.3, -0.25) is 4.99 Å². The van der Waals surface area contributed by atoms with Gasteiger partial charge in [-0.1, -0.05) is 42.5 Å². The van der Waals surface area contributed by atoms with Crippen LogP contribution in [0.3, 0.4) is 0 Å². The lowest BCUT2D eigenvalue weighted by Gasteiger charge is -2.03. The lowest BCUT2D eigenvalue weighted by Crippen LogP contribution is -2.17. The van der Waals surface area contributed by atoms with E-state index in [4.69, 9.17) is 17.3 Å². The van der Waals surface area contributed by atoms with Gasteiger partial charge in [0.25, 0.3) is 0 Å². The van der Waals surface area contributed by atoms with Gasteiger partial charge in [0.15, 0.2) is 0 Å². The summed E-state index contributed by atoms with van der Waals surface area (Å²) in [5, 5.41) is 8.78. The number of carbonyl (C=O) groups is 1. The third-order valence-corrected chi connectivity index (χ3v) is 2.32. The summed E-state index contributed by atoms with van der Waals surface area (Å²) in [4.78, 5) is 15.0. The van der Waals surface area contributed by atoms with Gasteiger partial charge >= 0.3 is 5.97 Å². The molecule has 0 aromatic heterocycles. The molecule has 78 valence electrons. The molecular formula is C11H11NO2S. The summed E-state index contributed by atoms with van der Waals surface area (Å²) in [6.45, 7) is 0. The lowest BCUT2D eigenvalue weighted by molar-refractivity contribution is -0.129. The van der Waals surface area contributed by atoms with Gasteiger partial charge in [-0.15, -0.1) is 0 Å². The van der Waals surface area contributed by atoms with Gasteiger partial charge in [0.1, 0.15) is 5.71 Å². The van der Waals surface area contributed by atoms with E-state index in [9.17, 15) is 4.79 Å². The molecule has 1 aromatic rings. The summed E-state index contributed by atoms with van der Waals surface area (Å²) in [6.07, 6.45) is 0.200. The number of aliphatic carboxylic acids is 1. The number of nitrogens with zero attached hydrogens (tertiary/aromatic N) is 1. The molecule has 4 heteroatoms. The fourth-order valence-electron chi connectivity index (χ4n) is 1.13. The van der Waals surface area contributed by atoms with Crippen molar-refractivity contribution in [2.24, 2.45) is 4.99 Å². The van der Waals surface area contributed by atoms with Gasteiger partial charge in [0.2, 0.25) is 0 Å². The van der Waals surface area contributed by atoms with Crippen molar-refractivity contribution in [3.05, 3.63) is 35.9 Å². The summed E-state index contributed by atoms with van der Waals surface area (Å²) in [5.74, 6) is -1.02. The number of carboxylic acid groups (broad SMARTS) is 1. The number of carboxylic acids is 1. The van der Waals surface area contributed by atoms with Crippen LogP contribution in [0.1, 0.15) is 12.0 Å². The normalized spacial score (nSPS) is 11.1. The van der Waals surface area contributed by atoms with Crippen LogP contribution in [-0.4, -0.2) is 28.7 Å². The molecule has 15 heavy (non-hydrogen) atoms. The fourth-order valence-corrected chi connectivity index (χ4v) is 1.40. The van der Waals surface area contributed by atoms with Crippen molar-refractivity contribution in [2.45, 2.75) is 6.42 Å². The highest BCUT2D eigenvalue weighted by molar-refractivity contribution is 7.81. The minimum Gasteiger partial charge on any atom is -0.477 e. The van der Waals surface area contributed by atoms with Crippen LogP contribution in [0.25, 0.3) is 0 Å². The van der Waals surface area contributed by atoms with Crippen molar-refractivity contribution in [1.82, 2.24) is 0 Å². The maximum Gasteiger partial charge on any atom is 0.350 e. The number of rotatable bonds is 4. The second-order valence-corrected chi connectivity index (χ2v) is 3.43. The van der Waals surface area contributed by atoms with E-state index < -0.39 is 5.97 Å². The number of hydrogen-bond acceptors (Lipinski definition) is 3. The number of benzene rings is 1. The van der Waals surface area contributed by atoms with Gasteiger partial charge in [-0.25, -0.2) is 4.79 Å². The molecular weight excluding hydrogens is 210 g/mol. The maximum atomic E-state index is 10.7. The van der Waals surface area contributed by atoms with Crippen molar-refractivity contribution in [3.8, 4) is 0 Å². The molecule has 0 unspecified atom stereocenters. The largest absolute Gasteiger partial charge is 0.477 e. The topological polar surface area (TPSA) is 49.7 Å². The van der Waals surface area contributed by atoms with E-state index in [1.54, 1.807) is 0 Å². The molecule has 0 aliphatic rings. The number of thiocarbonyl (C=S) groups is 1. The smallest absolute Gasteiger partial charge is 0.350 e. The zero-order valence-corrected chi connectivity index (χ0v) is 9.12. The van der Waals surface area contributed by atoms with E-state index >= 15 is 0 Å². The Morgan fingerprint density at radius 2 is 2.00 bits per heavy atom. The van der Waals surface area contributed by atoms with Crippen molar-refractivity contribution >= 4 is 28.8 Å². The molecule has 0 aliphatic carbocycles. The summed E-state index contributed by atoms with van der Waals surface area (Å²) < 4.78 is 0. The average Bonchev–Trinajstić information content (AvgIpc) is 2.26. The SMILES string of the molecule is CN=C(CC(=S)c1ccccc1)C(=O)O. The molecule has 1 rings (SSSR count). The standard InChI is InChI=1S/C11H11NO2S/c1-12-9(11(13)14)7-10(15)8-5-3-2-4-6-8/h2-6H,7H2,1H3,(H,13,14). The van der Waals surface area contributed by atoms with E-state index in [0.29, 0.717) is 4.86 Å². The first-order valence-corrected chi connectivity index (χ1v) is 4.83. The minimum absolute atomic E-state index is 0.0869.